The molecule has 2 heteroatoms. The van der Waals surface area contributed by atoms with Gasteiger partial charge < -0.3 is 0 Å². The maximum Gasteiger partial charge on any atom is 0.0513 e. The normalized spacial score (nSPS) is 16.1. The highest BCUT2D eigenvalue weighted by atomic mass is 32.1. The summed E-state index contributed by atoms with van der Waals surface area (Å²) in [7, 11) is 0. The first-order valence-electron chi connectivity index (χ1n) is 4.93. The van der Waals surface area contributed by atoms with Gasteiger partial charge in [-0.1, -0.05) is 12.1 Å². The lowest BCUT2D eigenvalue weighted by Gasteiger charge is -2.05. The molecule has 1 aliphatic rings. The van der Waals surface area contributed by atoms with Crippen molar-refractivity contribution in [1.29, 1.82) is 0 Å². The van der Waals surface area contributed by atoms with Crippen molar-refractivity contribution in [3.05, 3.63) is 36.2 Å². The third-order valence-corrected chi connectivity index (χ3v) is 3.17. The number of fused-ring (bicyclic) bond motifs is 1. The van der Waals surface area contributed by atoms with Gasteiger partial charge in [-0.2, -0.15) is 0 Å². The average molecular weight is 201 g/mol. The van der Waals surface area contributed by atoms with Crippen molar-refractivity contribution in [1.82, 2.24) is 4.98 Å². The maximum absolute atomic E-state index is 4.48. The van der Waals surface area contributed by atoms with E-state index in [9.17, 15) is 0 Å². The van der Waals surface area contributed by atoms with Crippen molar-refractivity contribution in [3.63, 3.8) is 0 Å². The van der Waals surface area contributed by atoms with Crippen LogP contribution in [0.1, 0.15) is 24.5 Å². The van der Waals surface area contributed by atoms with Gasteiger partial charge in [-0.15, -0.1) is 12.6 Å². The molecule has 0 radical (unpaired) electrons. The highest BCUT2D eigenvalue weighted by Gasteiger charge is 2.26. The first kappa shape index (κ1) is 8.30. The van der Waals surface area contributed by atoms with Gasteiger partial charge in [0.2, 0.25) is 0 Å². The van der Waals surface area contributed by atoms with E-state index in [1.807, 2.05) is 18.3 Å². The second kappa shape index (κ2) is 2.99. The molecule has 1 saturated carbocycles. The first-order chi connectivity index (χ1) is 6.86. The predicted octanol–water partition coefficient (Wildman–Crippen LogP) is 3.40. The van der Waals surface area contributed by atoms with Crippen LogP contribution in [0.5, 0.6) is 0 Å². The second-order valence-electron chi connectivity index (χ2n) is 3.84. The summed E-state index contributed by atoms with van der Waals surface area (Å²) in [6.45, 7) is 0. The molecule has 1 aromatic heterocycles. The fraction of sp³-hybridized carbons (Fsp3) is 0.250. The van der Waals surface area contributed by atoms with Crippen LogP contribution in [0.2, 0.25) is 0 Å². The molecule has 14 heavy (non-hydrogen) atoms. The summed E-state index contributed by atoms with van der Waals surface area (Å²) in [5, 5.41) is 2.51. The lowest BCUT2D eigenvalue weighted by atomic mass is 10.1. The first-order valence-corrected chi connectivity index (χ1v) is 5.37. The standard InChI is InChI=1S/C12H11NS/c14-11-3-1-2-10-9(11)6-7-13-12(10)8-4-5-8/h1-3,6-8,14H,4-5H2. The van der Waals surface area contributed by atoms with Crippen molar-refractivity contribution < 1.29 is 0 Å². The van der Waals surface area contributed by atoms with Gasteiger partial charge in [0.05, 0.1) is 5.69 Å². The molecule has 70 valence electrons. The summed E-state index contributed by atoms with van der Waals surface area (Å²) in [4.78, 5) is 5.52. The zero-order valence-electron chi connectivity index (χ0n) is 7.77. The molecule has 0 aliphatic heterocycles. The summed E-state index contributed by atoms with van der Waals surface area (Å²) < 4.78 is 0. The number of nitrogens with zero attached hydrogens (tertiary/aromatic N) is 1. The van der Waals surface area contributed by atoms with E-state index in [0.29, 0.717) is 5.92 Å². The number of hydrogen-bond acceptors (Lipinski definition) is 2. The summed E-state index contributed by atoms with van der Waals surface area (Å²) >= 11 is 4.46. The van der Waals surface area contributed by atoms with Crippen LogP contribution in [0.15, 0.2) is 35.4 Å². The van der Waals surface area contributed by atoms with Gasteiger partial charge in [0.25, 0.3) is 0 Å². The maximum atomic E-state index is 4.48. The minimum absolute atomic E-state index is 0.703. The van der Waals surface area contributed by atoms with E-state index in [1.165, 1.54) is 29.3 Å². The molecular formula is C12H11NS. The Balaban J connectivity index is 2.35. The summed E-state index contributed by atoms with van der Waals surface area (Å²) in [6.07, 6.45) is 4.49. The third-order valence-electron chi connectivity index (χ3n) is 2.78. The van der Waals surface area contributed by atoms with E-state index in [1.54, 1.807) is 0 Å². The SMILES string of the molecule is Sc1cccc2c(C3CC3)nccc12. The van der Waals surface area contributed by atoms with Gasteiger partial charge in [-0.05, 0) is 30.4 Å². The molecule has 2 aromatic rings. The largest absolute Gasteiger partial charge is 0.260 e. The Morgan fingerprint density at radius 1 is 1.14 bits per heavy atom. The van der Waals surface area contributed by atoms with Gasteiger partial charge in [0.1, 0.15) is 0 Å². The zero-order chi connectivity index (χ0) is 9.54. The molecule has 0 atom stereocenters. The number of rotatable bonds is 1. The van der Waals surface area contributed by atoms with E-state index in [2.05, 4.69) is 29.7 Å². The molecule has 0 N–H and O–H groups in total. The van der Waals surface area contributed by atoms with Crippen LogP contribution in [0.3, 0.4) is 0 Å². The Bertz CT molecular complexity index is 489. The quantitative estimate of drug-likeness (QED) is 0.698. The predicted molar refractivity (Wildman–Crippen MR) is 61.0 cm³/mol. The Kier molecular flexibility index (Phi) is 1.77. The lowest BCUT2D eigenvalue weighted by molar-refractivity contribution is 1.04. The van der Waals surface area contributed by atoms with Crippen LogP contribution in [-0.4, -0.2) is 4.98 Å². The van der Waals surface area contributed by atoms with Crippen molar-refractivity contribution in [2.24, 2.45) is 0 Å². The van der Waals surface area contributed by atoms with Crippen LogP contribution in [-0.2, 0) is 0 Å². The summed E-state index contributed by atoms with van der Waals surface area (Å²) in [6, 6.07) is 8.28. The smallest absolute Gasteiger partial charge is 0.0513 e. The average Bonchev–Trinajstić information content (AvgIpc) is 3.01. The van der Waals surface area contributed by atoms with Crippen molar-refractivity contribution in [3.8, 4) is 0 Å². The zero-order valence-corrected chi connectivity index (χ0v) is 8.67. The summed E-state index contributed by atoms with van der Waals surface area (Å²) in [5.74, 6) is 0.703. The highest BCUT2D eigenvalue weighted by Crippen LogP contribution is 2.42. The van der Waals surface area contributed by atoms with E-state index in [0.717, 1.165) is 4.90 Å². The van der Waals surface area contributed by atoms with E-state index >= 15 is 0 Å². The molecule has 0 spiro atoms. The molecule has 0 amide bonds. The number of hydrogen-bond donors (Lipinski definition) is 1. The molecule has 0 unspecified atom stereocenters. The lowest BCUT2D eigenvalue weighted by Crippen LogP contribution is -1.88. The van der Waals surface area contributed by atoms with Crippen LogP contribution in [0.4, 0.5) is 0 Å². The molecule has 1 nitrogen and oxygen atoms in total. The van der Waals surface area contributed by atoms with Crippen molar-refractivity contribution in [2.75, 3.05) is 0 Å². The number of benzene rings is 1. The fourth-order valence-electron chi connectivity index (χ4n) is 1.90. The molecule has 0 saturated heterocycles. The summed E-state index contributed by atoms with van der Waals surface area (Å²) in [5.41, 5.74) is 1.26. The second-order valence-corrected chi connectivity index (χ2v) is 4.32. The third kappa shape index (κ3) is 1.22. The van der Waals surface area contributed by atoms with Crippen molar-refractivity contribution >= 4 is 23.4 Å². The van der Waals surface area contributed by atoms with Crippen LogP contribution in [0, 0.1) is 0 Å². The number of aromatic nitrogens is 1. The van der Waals surface area contributed by atoms with Crippen molar-refractivity contribution in [2.45, 2.75) is 23.7 Å². The van der Waals surface area contributed by atoms with Gasteiger partial charge >= 0.3 is 0 Å². The molecule has 3 rings (SSSR count). The van der Waals surface area contributed by atoms with E-state index < -0.39 is 0 Å². The van der Waals surface area contributed by atoms with E-state index in [-0.39, 0.29) is 0 Å². The molecule has 1 fully saturated rings. The number of thiol groups is 1. The Hall–Kier alpha value is -1.02. The number of pyridine rings is 1. The van der Waals surface area contributed by atoms with Gasteiger partial charge in [0.15, 0.2) is 0 Å². The van der Waals surface area contributed by atoms with Gasteiger partial charge in [-0.25, -0.2) is 0 Å². The van der Waals surface area contributed by atoms with Crippen LogP contribution >= 0.6 is 12.6 Å². The topological polar surface area (TPSA) is 12.9 Å². The minimum atomic E-state index is 0.703. The Labute approximate surface area is 88.6 Å². The fourth-order valence-corrected chi connectivity index (χ4v) is 2.18. The molecule has 1 heterocycles. The molecule has 0 bridgehead atoms. The van der Waals surface area contributed by atoms with Crippen LogP contribution in [0.25, 0.3) is 10.8 Å². The van der Waals surface area contributed by atoms with E-state index in [4.69, 9.17) is 0 Å². The Morgan fingerprint density at radius 3 is 2.79 bits per heavy atom. The Morgan fingerprint density at radius 2 is 2.00 bits per heavy atom. The molecular weight excluding hydrogens is 190 g/mol. The minimum Gasteiger partial charge on any atom is -0.260 e. The monoisotopic (exact) mass is 201 g/mol. The van der Waals surface area contributed by atoms with Gasteiger partial charge in [0, 0.05) is 22.4 Å². The molecule has 1 aliphatic carbocycles. The highest BCUT2D eigenvalue weighted by molar-refractivity contribution is 7.80. The molecule has 1 aromatic carbocycles. The van der Waals surface area contributed by atoms with Crippen LogP contribution < -0.4 is 0 Å². The van der Waals surface area contributed by atoms with Gasteiger partial charge in [-0.3, -0.25) is 4.98 Å².